The second-order valence-electron chi connectivity index (χ2n) is 4.24. The van der Waals surface area contributed by atoms with Gasteiger partial charge in [0.15, 0.2) is 0 Å². The van der Waals surface area contributed by atoms with Crippen molar-refractivity contribution in [1.82, 2.24) is 5.43 Å². The van der Waals surface area contributed by atoms with Gasteiger partial charge in [-0.2, -0.15) is 0 Å². The third-order valence-electron chi connectivity index (χ3n) is 2.97. The second-order valence-corrected chi connectivity index (χ2v) is 6.01. The van der Waals surface area contributed by atoms with Crippen molar-refractivity contribution >= 4 is 31.9 Å². The molecule has 0 saturated carbocycles. The summed E-state index contributed by atoms with van der Waals surface area (Å²) in [6.45, 7) is 2.59. The van der Waals surface area contributed by atoms with Crippen molar-refractivity contribution < 1.29 is 4.74 Å². The van der Waals surface area contributed by atoms with Gasteiger partial charge in [0.05, 0.1) is 12.6 Å². The largest absolute Gasteiger partial charge is 0.494 e. The monoisotopic (exact) mass is 398 g/mol. The summed E-state index contributed by atoms with van der Waals surface area (Å²) in [7, 11) is 0. The Bertz CT molecular complexity index is 590. The van der Waals surface area contributed by atoms with E-state index in [9.17, 15) is 0 Å². The Morgan fingerprint density at radius 3 is 2.60 bits per heavy atom. The van der Waals surface area contributed by atoms with E-state index in [1.807, 2.05) is 49.4 Å². The second kappa shape index (κ2) is 7.22. The molecule has 0 aromatic heterocycles. The van der Waals surface area contributed by atoms with E-state index in [2.05, 4.69) is 37.3 Å². The number of rotatable bonds is 5. The highest BCUT2D eigenvalue weighted by Gasteiger charge is 2.19. The molecule has 0 amide bonds. The van der Waals surface area contributed by atoms with E-state index in [4.69, 9.17) is 10.6 Å². The predicted octanol–water partition coefficient (Wildman–Crippen LogP) is 4.16. The van der Waals surface area contributed by atoms with Crippen LogP contribution >= 0.6 is 31.9 Å². The zero-order chi connectivity index (χ0) is 14.5. The molecule has 106 valence electrons. The van der Waals surface area contributed by atoms with Crippen LogP contribution in [0.1, 0.15) is 24.1 Å². The number of halogens is 2. The molecule has 3 N–H and O–H groups in total. The molecule has 0 heterocycles. The minimum Gasteiger partial charge on any atom is -0.494 e. The van der Waals surface area contributed by atoms with Crippen LogP contribution in [0, 0.1) is 0 Å². The van der Waals surface area contributed by atoms with Crippen LogP contribution in [0.4, 0.5) is 0 Å². The first-order valence-electron chi connectivity index (χ1n) is 6.30. The van der Waals surface area contributed by atoms with Crippen molar-refractivity contribution in [2.45, 2.75) is 13.0 Å². The first-order valence-corrected chi connectivity index (χ1v) is 7.88. The summed E-state index contributed by atoms with van der Waals surface area (Å²) in [4.78, 5) is 0. The lowest BCUT2D eigenvalue weighted by Gasteiger charge is -2.21. The van der Waals surface area contributed by atoms with E-state index in [1.54, 1.807) is 0 Å². The van der Waals surface area contributed by atoms with E-state index in [-0.39, 0.29) is 6.04 Å². The number of hydrazine groups is 1. The highest BCUT2D eigenvalue weighted by molar-refractivity contribution is 9.11. The van der Waals surface area contributed by atoms with Crippen molar-refractivity contribution in [1.29, 1.82) is 0 Å². The predicted molar refractivity (Wildman–Crippen MR) is 88.6 cm³/mol. The number of hydrogen-bond acceptors (Lipinski definition) is 3. The van der Waals surface area contributed by atoms with Crippen LogP contribution in [0.3, 0.4) is 0 Å². The average molecular weight is 400 g/mol. The third-order valence-corrected chi connectivity index (χ3v) is 4.18. The van der Waals surface area contributed by atoms with E-state index in [0.717, 1.165) is 25.8 Å². The number of hydrogen-bond donors (Lipinski definition) is 2. The van der Waals surface area contributed by atoms with Crippen LogP contribution in [-0.2, 0) is 0 Å². The van der Waals surface area contributed by atoms with Crippen LogP contribution in [0.5, 0.6) is 5.75 Å². The molecule has 1 atom stereocenters. The number of para-hydroxylation sites is 1. The van der Waals surface area contributed by atoms with E-state index >= 15 is 0 Å². The fourth-order valence-electron chi connectivity index (χ4n) is 2.09. The Morgan fingerprint density at radius 2 is 1.90 bits per heavy atom. The van der Waals surface area contributed by atoms with Gasteiger partial charge >= 0.3 is 0 Å². The highest BCUT2D eigenvalue weighted by Crippen LogP contribution is 2.34. The van der Waals surface area contributed by atoms with Crippen LogP contribution in [0.2, 0.25) is 0 Å². The summed E-state index contributed by atoms with van der Waals surface area (Å²) in [5.74, 6) is 6.62. The molecule has 2 aromatic rings. The fourth-order valence-corrected chi connectivity index (χ4v) is 2.94. The molecule has 0 aliphatic heterocycles. The maximum atomic E-state index is 5.78. The summed E-state index contributed by atoms with van der Waals surface area (Å²) in [5, 5.41) is 0. The zero-order valence-corrected chi connectivity index (χ0v) is 14.2. The molecular weight excluding hydrogens is 384 g/mol. The molecule has 20 heavy (non-hydrogen) atoms. The average Bonchev–Trinajstić information content (AvgIpc) is 2.45. The Hall–Kier alpha value is -0.880. The van der Waals surface area contributed by atoms with E-state index < -0.39 is 0 Å². The summed E-state index contributed by atoms with van der Waals surface area (Å²) < 4.78 is 7.69. The van der Waals surface area contributed by atoms with Crippen LogP contribution in [0.25, 0.3) is 0 Å². The zero-order valence-electron chi connectivity index (χ0n) is 11.1. The molecule has 2 aromatic carbocycles. The molecule has 2 rings (SSSR count). The minimum atomic E-state index is -0.148. The number of benzene rings is 2. The lowest BCUT2D eigenvalue weighted by atomic mass is 9.98. The molecule has 3 nitrogen and oxygen atoms in total. The number of ether oxygens (including phenoxy) is 1. The third kappa shape index (κ3) is 3.41. The maximum Gasteiger partial charge on any atom is 0.124 e. The molecule has 0 aliphatic rings. The Labute approximate surface area is 135 Å². The summed E-state index contributed by atoms with van der Waals surface area (Å²) in [6, 6.07) is 13.8. The molecule has 0 aliphatic carbocycles. The van der Waals surface area contributed by atoms with Gasteiger partial charge in [0, 0.05) is 14.5 Å². The fraction of sp³-hybridized carbons (Fsp3) is 0.200. The number of nitrogens with one attached hydrogen (secondary N) is 1. The van der Waals surface area contributed by atoms with E-state index in [1.165, 1.54) is 0 Å². The van der Waals surface area contributed by atoms with Gasteiger partial charge in [-0.25, -0.2) is 5.43 Å². The van der Waals surface area contributed by atoms with Crippen LogP contribution in [-0.4, -0.2) is 6.61 Å². The first-order chi connectivity index (χ1) is 9.67. The molecule has 0 saturated heterocycles. The standard InChI is InChI=1S/C15H16Br2N2O/c1-2-20-14-6-4-3-5-11(14)15(19-18)12-9-10(16)7-8-13(12)17/h3-9,15,19H,2,18H2,1H3. The van der Waals surface area contributed by atoms with Gasteiger partial charge < -0.3 is 4.74 Å². The van der Waals surface area contributed by atoms with Gasteiger partial charge in [0.25, 0.3) is 0 Å². The molecule has 0 spiro atoms. The topological polar surface area (TPSA) is 47.3 Å². The van der Waals surface area contributed by atoms with Crippen LogP contribution in [0.15, 0.2) is 51.4 Å². The quantitative estimate of drug-likeness (QED) is 0.586. The summed E-state index contributed by atoms with van der Waals surface area (Å²) in [6.07, 6.45) is 0. The van der Waals surface area contributed by atoms with Crippen molar-refractivity contribution in [3.05, 3.63) is 62.5 Å². The van der Waals surface area contributed by atoms with Gasteiger partial charge in [0.2, 0.25) is 0 Å². The smallest absolute Gasteiger partial charge is 0.124 e. The molecule has 0 fully saturated rings. The van der Waals surface area contributed by atoms with Gasteiger partial charge in [-0.1, -0.05) is 50.1 Å². The molecule has 0 radical (unpaired) electrons. The summed E-state index contributed by atoms with van der Waals surface area (Å²) >= 11 is 7.07. The van der Waals surface area contributed by atoms with Crippen LogP contribution < -0.4 is 16.0 Å². The lowest BCUT2D eigenvalue weighted by molar-refractivity contribution is 0.333. The van der Waals surface area contributed by atoms with Crippen molar-refractivity contribution in [3.63, 3.8) is 0 Å². The first kappa shape index (κ1) is 15.5. The Balaban J connectivity index is 2.49. The Morgan fingerprint density at radius 1 is 1.15 bits per heavy atom. The SMILES string of the molecule is CCOc1ccccc1C(NN)c1cc(Br)ccc1Br. The molecular formula is C15H16Br2N2O. The maximum absolute atomic E-state index is 5.78. The molecule has 5 heteroatoms. The molecule has 0 bridgehead atoms. The number of nitrogens with two attached hydrogens (primary N) is 1. The van der Waals surface area contributed by atoms with Crippen molar-refractivity contribution in [2.75, 3.05) is 6.61 Å². The van der Waals surface area contributed by atoms with Gasteiger partial charge in [-0.3, -0.25) is 5.84 Å². The highest BCUT2D eigenvalue weighted by atomic mass is 79.9. The Kier molecular flexibility index (Phi) is 5.60. The van der Waals surface area contributed by atoms with E-state index in [0.29, 0.717) is 6.61 Å². The van der Waals surface area contributed by atoms with Gasteiger partial charge in [-0.15, -0.1) is 0 Å². The normalized spacial score (nSPS) is 12.2. The lowest BCUT2D eigenvalue weighted by Crippen LogP contribution is -2.29. The minimum absolute atomic E-state index is 0.148. The van der Waals surface area contributed by atoms with Gasteiger partial charge in [0.1, 0.15) is 5.75 Å². The summed E-state index contributed by atoms with van der Waals surface area (Å²) in [5.41, 5.74) is 4.93. The van der Waals surface area contributed by atoms with Gasteiger partial charge in [-0.05, 0) is 36.8 Å². The molecule has 1 unspecified atom stereocenters. The van der Waals surface area contributed by atoms with Crippen molar-refractivity contribution in [2.24, 2.45) is 5.84 Å². The van der Waals surface area contributed by atoms with Crippen molar-refractivity contribution in [3.8, 4) is 5.75 Å².